The highest BCUT2D eigenvalue weighted by molar-refractivity contribution is 5.95. The molecule has 7 heteroatoms. The van der Waals surface area contributed by atoms with Crippen molar-refractivity contribution in [1.82, 2.24) is 19.6 Å². The van der Waals surface area contributed by atoms with E-state index in [9.17, 15) is 4.79 Å². The first-order valence-electron chi connectivity index (χ1n) is 11.4. The molecule has 1 fully saturated rings. The summed E-state index contributed by atoms with van der Waals surface area (Å²) in [6, 6.07) is 13.7. The summed E-state index contributed by atoms with van der Waals surface area (Å²) in [5.41, 5.74) is 5.19. The molecule has 1 aromatic heterocycles. The Morgan fingerprint density at radius 3 is 2.36 bits per heavy atom. The Morgan fingerprint density at radius 1 is 0.970 bits per heavy atom. The van der Waals surface area contributed by atoms with Crippen molar-refractivity contribution in [2.45, 2.75) is 20.8 Å². The predicted molar refractivity (Wildman–Crippen MR) is 130 cm³/mol. The number of methoxy groups -OCH3 is 2. The summed E-state index contributed by atoms with van der Waals surface area (Å²) in [4.78, 5) is 18.0. The van der Waals surface area contributed by atoms with Crippen molar-refractivity contribution in [3.8, 4) is 28.4 Å². The molecule has 0 aliphatic carbocycles. The van der Waals surface area contributed by atoms with Crippen LogP contribution in [0.1, 0.15) is 28.5 Å². The Labute approximate surface area is 195 Å². The zero-order valence-electron chi connectivity index (χ0n) is 20.1. The summed E-state index contributed by atoms with van der Waals surface area (Å²) < 4.78 is 12.7. The molecule has 4 rings (SSSR count). The molecule has 174 valence electrons. The molecule has 0 atom stereocenters. The Morgan fingerprint density at radius 2 is 1.73 bits per heavy atom. The molecule has 1 aliphatic rings. The summed E-state index contributed by atoms with van der Waals surface area (Å²) in [5, 5.41) is 4.89. The van der Waals surface area contributed by atoms with Gasteiger partial charge in [0.1, 0.15) is 17.2 Å². The van der Waals surface area contributed by atoms with Gasteiger partial charge in [0.15, 0.2) is 0 Å². The lowest BCUT2D eigenvalue weighted by atomic mass is 10.1. The van der Waals surface area contributed by atoms with Crippen molar-refractivity contribution in [3.05, 3.63) is 59.3 Å². The number of aromatic nitrogens is 2. The van der Waals surface area contributed by atoms with Gasteiger partial charge in [-0.25, -0.2) is 4.68 Å². The monoisotopic (exact) mass is 448 g/mol. The number of carbonyl (C=O) groups excluding carboxylic acids is 1. The van der Waals surface area contributed by atoms with Crippen LogP contribution in [0.4, 0.5) is 0 Å². The summed E-state index contributed by atoms with van der Waals surface area (Å²) in [6.07, 6.45) is 0. The van der Waals surface area contributed by atoms with Gasteiger partial charge in [-0.05, 0) is 50.2 Å². The number of benzene rings is 2. The van der Waals surface area contributed by atoms with Crippen LogP contribution in [0.5, 0.6) is 11.5 Å². The van der Waals surface area contributed by atoms with E-state index in [0.29, 0.717) is 36.0 Å². The van der Waals surface area contributed by atoms with Crippen LogP contribution in [0.3, 0.4) is 0 Å². The highest BCUT2D eigenvalue weighted by Gasteiger charge is 2.27. The van der Waals surface area contributed by atoms with Crippen molar-refractivity contribution in [3.63, 3.8) is 0 Å². The molecule has 2 heterocycles. The molecular formula is C26H32N4O3. The number of hydrogen-bond donors (Lipinski definition) is 0. The second-order valence-corrected chi connectivity index (χ2v) is 8.41. The number of hydrogen-bond acceptors (Lipinski definition) is 5. The molecule has 0 N–H and O–H groups in total. The Hall–Kier alpha value is -3.32. The molecule has 0 radical (unpaired) electrons. The van der Waals surface area contributed by atoms with Crippen LogP contribution >= 0.6 is 0 Å². The first-order valence-corrected chi connectivity index (χ1v) is 11.4. The van der Waals surface area contributed by atoms with E-state index in [2.05, 4.69) is 24.8 Å². The largest absolute Gasteiger partial charge is 0.497 e. The van der Waals surface area contributed by atoms with E-state index >= 15 is 0 Å². The van der Waals surface area contributed by atoms with Gasteiger partial charge in [-0.2, -0.15) is 5.10 Å². The van der Waals surface area contributed by atoms with E-state index in [1.54, 1.807) is 18.9 Å². The van der Waals surface area contributed by atoms with Gasteiger partial charge in [0.25, 0.3) is 5.91 Å². The Kier molecular flexibility index (Phi) is 6.70. The molecule has 0 spiro atoms. The molecule has 1 saturated heterocycles. The number of likely N-dealkylation sites (N-methyl/N-ethyl adjacent to an activating group) is 1. The van der Waals surface area contributed by atoms with E-state index in [0.717, 1.165) is 36.4 Å². The first kappa shape index (κ1) is 22.9. The van der Waals surface area contributed by atoms with Crippen LogP contribution in [0.15, 0.2) is 42.5 Å². The zero-order valence-corrected chi connectivity index (χ0v) is 20.1. The average Bonchev–Trinajstić information content (AvgIpc) is 3.28. The minimum Gasteiger partial charge on any atom is -0.497 e. The molecule has 0 saturated carbocycles. The fraction of sp³-hybridized carbons (Fsp3) is 0.385. The second-order valence-electron chi connectivity index (χ2n) is 8.41. The number of nitrogens with zero attached hydrogens (tertiary/aromatic N) is 4. The smallest absolute Gasteiger partial charge is 0.272 e. The van der Waals surface area contributed by atoms with Crippen LogP contribution in [0.25, 0.3) is 16.9 Å². The average molecular weight is 449 g/mol. The highest BCUT2D eigenvalue weighted by atomic mass is 16.5. The number of carbonyl (C=O) groups is 1. The van der Waals surface area contributed by atoms with E-state index in [-0.39, 0.29) is 5.91 Å². The maximum atomic E-state index is 13.7. The van der Waals surface area contributed by atoms with Crippen LogP contribution < -0.4 is 9.47 Å². The van der Waals surface area contributed by atoms with Gasteiger partial charge >= 0.3 is 0 Å². The zero-order chi connectivity index (χ0) is 23.5. The van der Waals surface area contributed by atoms with Gasteiger partial charge < -0.3 is 19.3 Å². The summed E-state index contributed by atoms with van der Waals surface area (Å²) in [6.45, 7) is 10.5. The number of amides is 1. The lowest BCUT2D eigenvalue weighted by Gasteiger charge is -2.34. The lowest BCUT2D eigenvalue weighted by molar-refractivity contribution is 0.0634. The van der Waals surface area contributed by atoms with Gasteiger partial charge in [0, 0.05) is 37.8 Å². The fourth-order valence-electron chi connectivity index (χ4n) is 4.33. The summed E-state index contributed by atoms with van der Waals surface area (Å²) in [5.74, 6) is 1.35. The van der Waals surface area contributed by atoms with Gasteiger partial charge in [-0.3, -0.25) is 4.79 Å². The van der Waals surface area contributed by atoms with Crippen LogP contribution in [-0.4, -0.2) is 72.4 Å². The normalized spacial score (nSPS) is 14.4. The van der Waals surface area contributed by atoms with Crippen molar-refractivity contribution in [2.24, 2.45) is 0 Å². The molecule has 7 nitrogen and oxygen atoms in total. The van der Waals surface area contributed by atoms with Crippen molar-refractivity contribution < 1.29 is 14.3 Å². The number of aryl methyl sites for hydroxylation is 2. The fourth-order valence-corrected chi connectivity index (χ4v) is 4.33. The Balaban J connectivity index is 1.80. The SMILES string of the molecule is CCN1CCN(C(=O)c2cc(-c3ccc(OC)cc3OC)nn2-c2ccc(C)cc2C)CC1. The molecule has 1 amide bonds. The molecule has 1 aliphatic heterocycles. The Bertz CT molecular complexity index is 1150. The van der Waals surface area contributed by atoms with Crippen molar-refractivity contribution >= 4 is 5.91 Å². The lowest BCUT2D eigenvalue weighted by Crippen LogP contribution is -2.48. The maximum absolute atomic E-state index is 13.7. The van der Waals surface area contributed by atoms with Gasteiger partial charge in [-0.15, -0.1) is 0 Å². The number of piperazine rings is 1. The van der Waals surface area contributed by atoms with Crippen molar-refractivity contribution in [1.29, 1.82) is 0 Å². The quantitative estimate of drug-likeness (QED) is 0.572. The molecule has 0 bridgehead atoms. The van der Waals surface area contributed by atoms with Gasteiger partial charge in [0.2, 0.25) is 0 Å². The number of ether oxygens (including phenoxy) is 2. The minimum absolute atomic E-state index is 0.00282. The van der Waals surface area contributed by atoms with Crippen LogP contribution in [0.2, 0.25) is 0 Å². The predicted octanol–water partition coefficient (Wildman–Crippen LogP) is 3.95. The standard InChI is InChI=1S/C26H32N4O3/c1-6-28-11-13-29(14-12-28)26(31)24-17-22(21-9-8-20(32-4)16-25(21)33-5)27-30(24)23-10-7-18(2)15-19(23)3/h7-10,15-17H,6,11-14H2,1-5H3. The molecular weight excluding hydrogens is 416 g/mol. The minimum atomic E-state index is -0.00282. The third-order valence-corrected chi connectivity index (χ3v) is 6.30. The van der Waals surface area contributed by atoms with Crippen molar-refractivity contribution in [2.75, 3.05) is 46.9 Å². The first-order chi connectivity index (χ1) is 15.9. The second kappa shape index (κ2) is 9.67. The molecule has 33 heavy (non-hydrogen) atoms. The van der Waals surface area contributed by atoms with Gasteiger partial charge in [-0.1, -0.05) is 24.6 Å². The molecule has 3 aromatic rings. The van der Waals surface area contributed by atoms with Crippen LogP contribution in [-0.2, 0) is 0 Å². The maximum Gasteiger partial charge on any atom is 0.272 e. The van der Waals surface area contributed by atoms with E-state index < -0.39 is 0 Å². The molecule has 0 unspecified atom stereocenters. The topological polar surface area (TPSA) is 59.8 Å². The summed E-state index contributed by atoms with van der Waals surface area (Å²) in [7, 11) is 3.25. The van der Waals surface area contributed by atoms with Crippen LogP contribution in [0, 0.1) is 13.8 Å². The van der Waals surface area contributed by atoms with E-state index in [1.807, 2.05) is 48.2 Å². The highest BCUT2D eigenvalue weighted by Crippen LogP contribution is 2.34. The third kappa shape index (κ3) is 4.59. The van der Waals surface area contributed by atoms with Gasteiger partial charge in [0.05, 0.1) is 25.6 Å². The van der Waals surface area contributed by atoms with E-state index in [4.69, 9.17) is 14.6 Å². The number of rotatable bonds is 6. The van der Waals surface area contributed by atoms with E-state index in [1.165, 1.54) is 5.56 Å². The third-order valence-electron chi connectivity index (χ3n) is 6.30. The summed E-state index contributed by atoms with van der Waals surface area (Å²) >= 11 is 0. The molecule has 2 aromatic carbocycles.